The van der Waals surface area contributed by atoms with Gasteiger partial charge in [0.15, 0.2) is 9.84 Å². The highest BCUT2D eigenvalue weighted by Crippen LogP contribution is 2.29. The Bertz CT molecular complexity index is 622. The van der Waals surface area contributed by atoms with Crippen molar-refractivity contribution < 1.29 is 17.9 Å². The van der Waals surface area contributed by atoms with Crippen molar-refractivity contribution in [3.8, 4) is 0 Å². The van der Waals surface area contributed by atoms with Crippen molar-refractivity contribution in [1.82, 2.24) is 10.6 Å². The van der Waals surface area contributed by atoms with Gasteiger partial charge in [0.05, 0.1) is 16.8 Å². The zero-order valence-electron chi connectivity index (χ0n) is 14.1. The summed E-state index contributed by atoms with van der Waals surface area (Å²) in [6, 6.07) is 6.24. The molecule has 7 heteroatoms. The fourth-order valence-electron chi connectivity index (χ4n) is 2.85. The molecule has 2 N–H and O–H groups in total. The van der Waals surface area contributed by atoms with E-state index in [1.54, 1.807) is 31.4 Å². The third-order valence-electron chi connectivity index (χ3n) is 4.26. The van der Waals surface area contributed by atoms with Crippen LogP contribution in [-0.2, 0) is 14.6 Å². The number of ether oxygens (including phenoxy) is 1. The molecule has 0 bridgehead atoms. The number of carbonyl (C=O) groups is 1. The van der Waals surface area contributed by atoms with E-state index < -0.39 is 9.84 Å². The number of carbonyl (C=O) groups excluding carboxylic acids is 1. The van der Waals surface area contributed by atoms with Crippen LogP contribution in [-0.4, -0.2) is 52.9 Å². The van der Waals surface area contributed by atoms with Crippen LogP contribution in [0.25, 0.3) is 0 Å². The molecule has 0 spiro atoms. The van der Waals surface area contributed by atoms with Gasteiger partial charge in [0, 0.05) is 32.3 Å². The lowest BCUT2D eigenvalue weighted by atomic mass is 10.2. The first-order chi connectivity index (χ1) is 11.6. The first-order valence-electron chi connectivity index (χ1n) is 8.37. The lowest BCUT2D eigenvalue weighted by Gasteiger charge is -2.11. The summed E-state index contributed by atoms with van der Waals surface area (Å²) in [4.78, 5) is 12.3. The Morgan fingerprint density at radius 1 is 1.12 bits per heavy atom. The number of hydrogen-bond donors (Lipinski definition) is 2. The summed E-state index contributed by atoms with van der Waals surface area (Å²) in [5.74, 6) is -0.201. The Labute approximate surface area is 143 Å². The molecule has 0 heterocycles. The zero-order valence-corrected chi connectivity index (χ0v) is 14.9. The molecule has 1 fully saturated rings. The van der Waals surface area contributed by atoms with Crippen LogP contribution in [0.3, 0.4) is 0 Å². The van der Waals surface area contributed by atoms with Crippen molar-refractivity contribution in [2.24, 2.45) is 0 Å². The van der Waals surface area contributed by atoms with E-state index in [1.807, 2.05) is 0 Å². The van der Waals surface area contributed by atoms with E-state index in [0.29, 0.717) is 30.2 Å². The highest BCUT2D eigenvalue weighted by molar-refractivity contribution is 7.92. The molecular weight excluding hydrogens is 328 g/mol. The zero-order chi connectivity index (χ0) is 17.4. The van der Waals surface area contributed by atoms with Gasteiger partial charge in [-0.25, -0.2) is 8.42 Å². The first-order valence-corrected chi connectivity index (χ1v) is 9.92. The second-order valence-corrected chi connectivity index (χ2v) is 8.20. The maximum Gasteiger partial charge on any atom is 0.251 e. The van der Waals surface area contributed by atoms with E-state index in [2.05, 4.69) is 10.6 Å². The summed E-state index contributed by atoms with van der Waals surface area (Å²) in [6.45, 7) is 2.53. The molecule has 1 aliphatic rings. The third kappa shape index (κ3) is 5.03. The summed E-state index contributed by atoms with van der Waals surface area (Å²) >= 11 is 0. The van der Waals surface area contributed by atoms with Crippen molar-refractivity contribution in [2.75, 3.05) is 33.4 Å². The monoisotopic (exact) mass is 354 g/mol. The molecule has 24 heavy (non-hydrogen) atoms. The van der Waals surface area contributed by atoms with Crippen molar-refractivity contribution in [3.05, 3.63) is 29.8 Å². The van der Waals surface area contributed by atoms with Crippen LogP contribution < -0.4 is 10.6 Å². The van der Waals surface area contributed by atoms with Crippen LogP contribution in [0.1, 0.15) is 36.0 Å². The molecule has 0 radical (unpaired) electrons. The second kappa shape index (κ2) is 9.15. The lowest BCUT2D eigenvalue weighted by molar-refractivity contribution is 0.0953. The average Bonchev–Trinajstić information content (AvgIpc) is 3.13. The number of hydrogen-bond acceptors (Lipinski definition) is 5. The number of nitrogens with one attached hydrogen (secondary N) is 2. The molecule has 1 amide bonds. The SMILES string of the molecule is COCCNCCNC(=O)c1ccc(S(=O)(=O)C2CCCC2)cc1. The number of amides is 1. The minimum absolute atomic E-state index is 0.201. The Balaban J connectivity index is 1.86. The number of methoxy groups -OCH3 is 1. The molecular formula is C17H26N2O4S. The molecule has 2 rings (SSSR count). The summed E-state index contributed by atoms with van der Waals surface area (Å²) in [5, 5.41) is 5.66. The molecule has 134 valence electrons. The topological polar surface area (TPSA) is 84.5 Å². The molecule has 1 aliphatic carbocycles. The Morgan fingerprint density at radius 3 is 2.42 bits per heavy atom. The first kappa shape index (κ1) is 18.9. The van der Waals surface area contributed by atoms with Crippen molar-refractivity contribution in [3.63, 3.8) is 0 Å². The molecule has 6 nitrogen and oxygen atoms in total. The van der Waals surface area contributed by atoms with E-state index in [1.165, 1.54) is 0 Å². The smallest absolute Gasteiger partial charge is 0.251 e. The van der Waals surface area contributed by atoms with E-state index in [9.17, 15) is 13.2 Å². The number of sulfone groups is 1. The highest BCUT2D eigenvalue weighted by Gasteiger charge is 2.30. The predicted molar refractivity (Wildman–Crippen MR) is 93.0 cm³/mol. The minimum atomic E-state index is -3.26. The van der Waals surface area contributed by atoms with Crippen LogP contribution in [0.15, 0.2) is 29.2 Å². The van der Waals surface area contributed by atoms with Gasteiger partial charge in [-0.2, -0.15) is 0 Å². The summed E-state index contributed by atoms with van der Waals surface area (Å²) in [7, 11) is -1.63. The quantitative estimate of drug-likeness (QED) is 0.654. The van der Waals surface area contributed by atoms with Gasteiger partial charge in [0.1, 0.15) is 0 Å². The average molecular weight is 354 g/mol. The van der Waals surface area contributed by atoms with Gasteiger partial charge in [-0.15, -0.1) is 0 Å². The van der Waals surface area contributed by atoms with Crippen LogP contribution in [0.4, 0.5) is 0 Å². The van der Waals surface area contributed by atoms with Crippen molar-refractivity contribution >= 4 is 15.7 Å². The van der Waals surface area contributed by atoms with Gasteiger partial charge in [-0.1, -0.05) is 12.8 Å². The van der Waals surface area contributed by atoms with Gasteiger partial charge < -0.3 is 15.4 Å². The molecule has 0 unspecified atom stereocenters. The van der Waals surface area contributed by atoms with Crippen LogP contribution in [0, 0.1) is 0 Å². The molecule has 0 aromatic heterocycles. The molecule has 1 aromatic carbocycles. The van der Waals surface area contributed by atoms with Crippen molar-refractivity contribution in [1.29, 1.82) is 0 Å². The summed E-state index contributed by atoms with van der Waals surface area (Å²) in [5.41, 5.74) is 0.470. The van der Waals surface area contributed by atoms with Gasteiger partial charge in [0.25, 0.3) is 5.91 Å². The maximum absolute atomic E-state index is 12.5. The standard InChI is InChI=1S/C17H26N2O4S/c1-23-13-12-18-10-11-19-17(20)14-6-8-16(9-7-14)24(21,22)15-4-2-3-5-15/h6-9,15,18H,2-5,10-13H2,1H3,(H,19,20). The lowest BCUT2D eigenvalue weighted by Crippen LogP contribution is -2.33. The molecule has 1 saturated carbocycles. The van der Waals surface area contributed by atoms with E-state index in [0.717, 1.165) is 32.2 Å². The summed E-state index contributed by atoms with van der Waals surface area (Å²) in [6.07, 6.45) is 3.42. The van der Waals surface area contributed by atoms with Crippen LogP contribution in [0.2, 0.25) is 0 Å². The molecule has 0 aliphatic heterocycles. The number of rotatable bonds is 9. The third-order valence-corrected chi connectivity index (χ3v) is 6.53. The Kier molecular flexibility index (Phi) is 7.20. The fourth-order valence-corrected chi connectivity index (χ4v) is 4.71. The summed E-state index contributed by atoms with van der Waals surface area (Å²) < 4.78 is 29.9. The van der Waals surface area contributed by atoms with Gasteiger partial charge >= 0.3 is 0 Å². The Hall–Kier alpha value is -1.44. The number of benzene rings is 1. The maximum atomic E-state index is 12.5. The van der Waals surface area contributed by atoms with Crippen LogP contribution in [0.5, 0.6) is 0 Å². The van der Waals surface area contributed by atoms with E-state index in [4.69, 9.17) is 4.74 Å². The van der Waals surface area contributed by atoms with Crippen molar-refractivity contribution in [2.45, 2.75) is 35.8 Å². The predicted octanol–water partition coefficient (Wildman–Crippen LogP) is 1.37. The Morgan fingerprint density at radius 2 is 1.79 bits per heavy atom. The largest absolute Gasteiger partial charge is 0.383 e. The second-order valence-electron chi connectivity index (χ2n) is 5.97. The van der Waals surface area contributed by atoms with E-state index in [-0.39, 0.29) is 11.2 Å². The fraction of sp³-hybridized carbons (Fsp3) is 0.588. The van der Waals surface area contributed by atoms with Gasteiger partial charge in [0.2, 0.25) is 0 Å². The molecule has 1 aromatic rings. The minimum Gasteiger partial charge on any atom is -0.383 e. The van der Waals surface area contributed by atoms with Gasteiger partial charge in [-0.05, 0) is 37.1 Å². The van der Waals surface area contributed by atoms with E-state index >= 15 is 0 Å². The highest BCUT2D eigenvalue weighted by atomic mass is 32.2. The molecule has 0 atom stereocenters. The van der Waals surface area contributed by atoms with Crippen LogP contribution >= 0.6 is 0 Å². The molecule has 0 saturated heterocycles. The van der Waals surface area contributed by atoms with Gasteiger partial charge in [-0.3, -0.25) is 4.79 Å². The normalized spacial score (nSPS) is 15.5.